The van der Waals surface area contributed by atoms with Gasteiger partial charge in [-0.05, 0) is 44.4 Å². The number of amides is 2. The minimum atomic E-state index is -1.47. The summed E-state index contributed by atoms with van der Waals surface area (Å²) in [5.41, 5.74) is 0.106. The van der Waals surface area contributed by atoms with Crippen molar-refractivity contribution in [3.8, 4) is 0 Å². The lowest BCUT2D eigenvalue weighted by molar-refractivity contribution is 0.0528. The van der Waals surface area contributed by atoms with Crippen LogP contribution in [-0.4, -0.2) is 61.6 Å². The van der Waals surface area contributed by atoms with Gasteiger partial charge in [0.2, 0.25) is 0 Å². The number of hydrogen-bond donors (Lipinski definition) is 1. The van der Waals surface area contributed by atoms with Crippen molar-refractivity contribution >= 4 is 17.9 Å². The highest BCUT2D eigenvalue weighted by Gasteiger charge is 2.39. The molecule has 0 aromatic heterocycles. The molecular formula is C26H32F3N3O4. The minimum Gasteiger partial charge on any atom is -0.445 e. The van der Waals surface area contributed by atoms with E-state index in [-0.39, 0.29) is 43.9 Å². The van der Waals surface area contributed by atoms with E-state index < -0.39 is 41.6 Å². The lowest BCUT2D eigenvalue weighted by Crippen LogP contribution is -2.43. The van der Waals surface area contributed by atoms with Crippen molar-refractivity contribution in [1.29, 1.82) is 0 Å². The van der Waals surface area contributed by atoms with Gasteiger partial charge in [-0.1, -0.05) is 30.3 Å². The van der Waals surface area contributed by atoms with Gasteiger partial charge in [0.25, 0.3) is 0 Å². The Morgan fingerprint density at radius 2 is 1.81 bits per heavy atom. The van der Waals surface area contributed by atoms with Gasteiger partial charge in [-0.3, -0.25) is 0 Å². The number of alkyl halides is 1. The molecule has 3 rings (SSSR count). The van der Waals surface area contributed by atoms with E-state index in [1.807, 2.05) is 18.2 Å². The van der Waals surface area contributed by atoms with Gasteiger partial charge < -0.3 is 24.6 Å². The first-order chi connectivity index (χ1) is 16.9. The van der Waals surface area contributed by atoms with E-state index in [2.05, 4.69) is 5.32 Å². The fraction of sp³-hybridized carbons (Fsp3) is 0.462. The van der Waals surface area contributed by atoms with E-state index in [4.69, 9.17) is 9.47 Å². The highest BCUT2D eigenvalue weighted by atomic mass is 19.1. The number of ether oxygens (including phenoxy) is 2. The Labute approximate surface area is 209 Å². The molecule has 36 heavy (non-hydrogen) atoms. The Bertz CT molecular complexity index is 1060. The van der Waals surface area contributed by atoms with Crippen LogP contribution >= 0.6 is 0 Å². The molecule has 1 N–H and O–H groups in total. The topological polar surface area (TPSA) is 71.1 Å². The van der Waals surface area contributed by atoms with Crippen molar-refractivity contribution < 1.29 is 32.2 Å². The van der Waals surface area contributed by atoms with E-state index in [1.165, 1.54) is 11.9 Å². The molecule has 1 fully saturated rings. The number of anilines is 1. The zero-order chi connectivity index (χ0) is 26.5. The van der Waals surface area contributed by atoms with E-state index in [9.17, 15) is 22.8 Å². The molecule has 0 spiro atoms. The number of rotatable bonds is 7. The molecule has 7 nitrogen and oxygen atoms in total. The molecule has 196 valence electrons. The molecule has 0 radical (unpaired) electrons. The van der Waals surface area contributed by atoms with Gasteiger partial charge in [-0.15, -0.1) is 0 Å². The van der Waals surface area contributed by atoms with Crippen molar-refractivity contribution in [2.45, 2.75) is 51.6 Å². The first-order valence-electron chi connectivity index (χ1n) is 11.7. The minimum absolute atomic E-state index is 0.0198. The largest absolute Gasteiger partial charge is 0.445 e. The molecule has 1 aliphatic heterocycles. The van der Waals surface area contributed by atoms with Crippen LogP contribution in [0.25, 0.3) is 0 Å². The molecule has 2 amide bonds. The summed E-state index contributed by atoms with van der Waals surface area (Å²) in [6.07, 6.45) is -2.78. The van der Waals surface area contributed by atoms with Crippen LogP contribution in [0.1, 0.15) is 31.9 Å². The maximum absolute atomic E-state index is 14.9. The molecule has 0 aliphatic carbocycles. The van der Waals surface area contributed by atoms with Crippen LogP contribution in [0.3, 0.4) is 0 Å². The maximum Gasteiger partial charge on any atom is 0.410 e. The van der Waals surface area contributed by atoms with Crippen molar-refractivity contribution in [3.63, 3.8) is 0 Å². The molecule has 1 heterocycles. The summed E-state index contributed by atoms with van der Waals surface area (Å²) in [5.74, 6) is -1.39. The number of carbonyl (C=O) groups is 2. The summed E-state index contributed by atoms with van der Waals surface area (Å²) in [5, 5.41) is 2.50. The number of hydrogen-bond acceptors (Lipinski definition) is 5. The summed E-state index contributed by atoms with van der Waals surface area (Å²) >= 11 is 0. The van der Waals surface area contributed by atoms with Gasteiger partial charge in [0.05, 0.1) is 18.3 Å². The summed E-state index contributed by atoms with van der Waals surface area (Å²) < 4.78 is 54.8. The molecule has 2 aromatic carbocycles. The van der Waals surface area contributed by atoms with Crippen molar-refractivity contribution in [2.24, 2.45) is 0 Å². The average molecular weight is 508 g/mol. The van der Waals surface area contributed by atoms with Crippen molar-refractivity contribution in [2.75, 3.05) is 31.6 Å². The highest BCUT2D eigenvalue weighted by Crippen LogP contribution is 2.29. The van der Waals surface area contributed by atoms with Gasteiger partial charge in [-0.2, -0.15) is 0 Å². The summed E-state index contributed by atoms with van der Waals surface area (Å²) in [4.78, 5) is 26.7. The second-order valence-corrected chi connectivity index (χ2v) is 9.71. The van der Waals surface area contributed by atoms with Crippen LogP contribution in [0.2, 0.25) is 0 Å². The van der Waals surface area contributed by atoms with Crippen LogP contribution in [-0.2, 0) is 22.5 Å². The number of likely N-dealkylation sites (N-methyl/N-ethyl adjacent to an activating group) is 1. The Kier molecular flexibility index (Phi) is 8.70. The summed E-state index contributed by atoms with van der Waals surface area (Å²) in [6, 6.07) is 10.3. The number of halogens is 3. The van der Waals surface area contributed by atoms with E-state index in [0.717, 1.165) is 22.6 Å². The molecule has 2 aromatic rings. The van der Waals surface area contributed by atoms with Crippen LogP contribution in [0, 0.1) is 11.6 Å². The summed E-state index contributed by atoms with van der Waals surface area (Å²) in [6.45, 7) is 5.04. The third-order valence-electron chi connectivity index (χ3n) is 5.73. The maximum atomic E-state index is 14.9. The van der Waals surface area contributed by atoms with Gasteiger partial charge >= 0.3 is 12.2 Å². The Morgan fingerprint density at radius 3 is 2.47 bits per heavy atom. The van der Waals surface area contributed by atoms with E-state index in [0.29, 0.717) is 0 Å². The first-order valence-corrected chi connectivity index (χ1v) is 11.7. The Morgan fingerprint density at radius 1 is 1.11 bits per heavy atom. The predicted molar refractivity (Wildman–Crippen MR) is 130 cm³/mol. The normalized spacial score (nSPS) is 17.6. The Balaban J connectivity index is 1.58. The molecular weight excluding hydrogens is 475 g/mol. The van der Waals surface area contributed by atoms with Crippen LogP contribution in [0.5, 0.6) is 0 Å². The lowest BCUT2D eigenvalue weighted by Gasteiger charge is -2.25. The van der Waals surface area contributed by atoms with Crippen molar-refractivity contribution in [1.82, 2.24) is 10.2 Å². The van der Waals surface area contributed by atoms with Crippen molar-refractivity contribution in [3.05, 3.63) is 65.2 Å². The number of benzene rings is 2. The quantitative estimate of drug-likeness (QED) is 0.582. The second kappa shape index (κ2) is 11.5. The average Bonchev–Trinajstić information content (AvgIpc) is 3.19. The standard InChI is InChI=1S/C26H32F3N3O4/c1-26(2,3)36-24(33)30-11-10-18-12-20(28)22(13-19(18)27)32-14-21(29)23(15-32)31(4)25(34)35-16-17-8-6-5-7-9-17/h5-9,12-13,21,23H,10-11,14-16H2,1-4H3,(H,30,33). The lowest BCUT2D eigenvalue weighted by atomic mass is 10.1. The molecule has 2 atom stereocenters. The van der Waals surface area contributed by atoms with Gasteiger partial charge in [0, 0.05) is 26.2 Å². The van der Waals surface area contributed by atoms with Gasteiger partial charge in [-0.25, -0.2) is 22.8 Å². The molecule has 2 unspecified atom stereocenters. The van der Waals surface area contributed by atoms with Gasteiger partial charge in [0.15, 0.2) is 0 Å². The third kappa shape index (κ3) is 7.29. The zero-order valence-electron chi connectivity index (χ0n) is 20.9. The summed E-state index contributed by atoms with van der Waals surface area (Å²) in [7, 11) is 1.42. The zero-order valence-corrected chi connectivity index (χ0v) is 20.9. The smallest absolute Gasteiger partial charge is 0.410 e. The van der Waals surface area contributed by atoms with Crippen LogP contribution in [0.4, 0.5) is 28.4 Å². The highest BCUT2D eigenvalue weighted by molar-refractivity contribution is 5.68. The monoisotopic (exact) mass is 507 g/mol. The SMILES string of the molecule is CN(C(=O)OCc1ccccc1)C1CN(c2cc(F)c(CCNC(=O)OC(C)(C)C)cc2F)CC1F. The predicted octanol–water partition coefficient (Wildman–Crippen LogP) is 4.83. The molecule has 0 bridgehead atoms. The number of carbonyl (C=O) groups excluding carboxylic acids is 2. The molecule has 1 saturated heterocycles. The first kappa shape index (κ1) is 27.2. The second-order valence-electron chi connectivity index (χ2n) is 9.71. The van der Waals surface area contributed by atoms with E-state index in [1.54, 1.807) is 32.9 Å². The molecule has 10 heteroatoms. The molecule has 0 saturated carbocycles. The van der Waals surface area contributed by atoms with Crippen LogP contribution < -0.4 is 10.2 Å². The third-order valence-corrected chi connectivity index (χ3v) is 5.73. The number of nitrogens with zero attached hydrogens (tertiary/aromatic N) is 2. The Hall–Kier alpha value is -3.43. The molecule has 1 aliphatic rings. The fourth-order valence-electron chi connectivity index (χ4n) is 3.89. The van der Waals surface area contributed by atoms with Crippen LogP contribution in [0.15, 0.2) is 42.5 Å². The number of alkyl carbamates (subject to hydrolysis) is 1. The van der Waals surface area contributed by atoms with E-state index >= 15 is 0 Å². The van der Waals surface area contributed by atoms with Gasteiger partial charge in [0.1, 0.15) is 30.0 Å². The number of nitrogens with one attached hydrogen (secondary N) is 1. The fourth-order valence-corrected chi connectivity index (χ4v) is 3.89.